The maximum absolute atomic E-state index is 12.2. The highest BCUT2D eigenvalue weighted by molar-refractivity contribution is 9.10. The molecule has 18 heavy (non-hydrogen) atoms. The number of hydrogen-bond acceptors (Lipinski definition) is 3. The van der Waals surface area contributed by atoms with Gasteiger partial charge in [-0.1, -0.05) is 12.1 Å². The topological polar surface area (TPSA) is 35.6 Å². The van der Waals surface area contributed by atoms with Crippen LogP contribution in [0.1, 0.15) is 15.9 Å². The molecule has 0 radical (unpaired) electrons. The fraction of sp³-hybridized carbons (Fsp3) is 0.462. The van der Waals surface area contributed by atoms with E-state index in [1.54, 1.807) is 0 Å². The van der Waals surface area contributed by atoms with Gasteiger partial charge in [0.05, 0.1) is 5.56 Å². The lowest BCUT2D eigenvalue weighted by molar-refractivity contribution is 0.0661. The van der Waals surface area contributed by atoms with E-state index in [4.69, 9.17) is 0 Å². The second kappa shape index (κ2) is 5.82. The van der Waals surface area contributed by atoms with E-state index in [9.17, 15) is 4.79 Å². The van der Waals surface area contributed by atoms with E-state index in [0.29, 0.717) is 5.56 Å². The molecule has 1 aromatic rings. The number of amides is 1. The Balaban J connectivity index is 2.01. The molecular weight excluding hydrogens is 294 g/mol. The number of aryl methyl sites for hydroxylation is 1. The summed E-state index contributed by atoms with van der Waals surface area (Å²) < 4.78 is 0.872. The molecule has 1 saturated heterocycles. The SMILES string of the molecule is Cc1cccc(C(=O)NN2CCN(C)CC2)c1Br. The summed E-state index contributed by atoms with van der Waals surface area (Å²) in [4.78, 5) is 14.4. The lowest BCUT2D eigenvalue weighted by Gasteiger charge is -2.32. The largest absolute Gasteiger partial charge is 0.304 e. The molecule has 1 aromatic carbocycles. The predicted molar refractivity (Wildman–Crippen MR) is 75.4 cm³/mol. The summed E-state index contributed by atoms with van der Waals surface area (Å²) in [5.41, 5.74) is 4.72. The molecule has 0 aliphatic carbocycles. The number of likely N-dealkylation sites (N-methyl/N-ethyl adjacent to an activating group) is 1. The Bertz CT molecular complexity index is 442. The van der Waals surface area contributed by atoms with E-state index < -0.39 is 0 Å². The van der Waals surface area contributed by atoms with Gasteiger partial charge in [0.25, 0.3) is 5.91 Å². The van der Waals surface area contributed by atoms with Crippen molar-refractivity contribution in [3.05, 3.63) is 33.8 Å². The minimum atomic E-state index is -0.0462. The molecule has 0 unspecified atom stereocenters. The highest BCUT2D eigenvalue weighted by atomic mass is 79.9. The molecule has 2 rings (SSSR count). The second-order valence-electron chi connectivity index (χ2n) is 4.67. The number of hydrogen-bond donors (Lipinski definition) is 1. The summed E-state index contributed by atoms with van der Waals surface area (Å²) in [7, 11) is 2.09. The molecular formula is C13H18BrN3O. The fourth-order valence-corrected chi connectivity index (χ4v) is 2.39. The molecule has 0 aromatic heterocycles. The zero-order valence-electron chi connectivity index (χ0n) is 10.7. The van der Waals surface area contributed by atoms with Gasteiger partial charge in [-0.2, -0.15) is 0 Å². The van der Waals surface area contributed by atoms with Gasteiger partial charge in [0, 0.05) is 30.7 Å². The van der Waals surface area contributed by atoms with Crippen molar-refractivity contribution in [1.82, 2.24) is 15.3 Å². The van der Waals surface area contributed by atoms with Crippen LogP contribution >= 0.6 is 15.9 Å². The van der Waals surface area contributed by atoms with E-state index >= 15 is 0 Å². The average Bonchev–Trinajstić information content (AvgIpc) is 2.35. The zero-order chi connectivity index (χ0) is 13.1. The predicted octanol–water partition coefficient (Wildman–Crippen LogP) is 1.65. The molecule has 98 valence electrons. The summed E-state index contributed by atoms with van der Waals surface area (Å²) in [6.07, 6.45) is 0. The van der Waals surface area contributed by atoms with Crippen molar-refractivity contribution in [2.45, 2.75) is 6.92 Å². The van der Waals surface area contributed by atoms with Crippen molar-refractivity contribution in [2.75, 3.05) is 33.2 Å². The van der Waals surface area contributed by atoms with Crippen molar-refractivity contribution >= 4 is 21.8 Å². The highest BCUT2D eigenvalue weighted by Gasteiger charge is 2.18. The number of hydrazine groups is 1. The van der Waals surface area contributed by atoms with E-state index in [2.05, 4.69) is 33.3 Å². The summed E-state index contributed by atoms with van der Waals surface area (Å²) in [5.74, 6) is -0.0462. The van der Waals surface area contributed by atoms with Gasteiger partial charge in [-0.15, -0.1) is 0 Å². The van der Waals surface area contributed by atoms with Crippen molar-refractivity contribution in [3.63, 3.8) is 0 Å². The van der Waals surface area contributed by atoms with Gasteiger partial charge in [0.1, 0.15) is 0 Å². The number of nitrogens with one attached hydrogen (secondary N) is 1. The van der Waals surface area contributed by atoms with Crippen molar-refractivity contribution < 1.29 is 4.79 Å². The Kier molecular flexibility index (Phi) is 4.37. The molecule has 1 aliphatic heterocycles. The van der Waals surface area contributed by atoms with Crippen molar-refractivity contribution in [1.29, 1.82) is 0 Å². The minimum absolute atomic E-state index is 0.0462. The van der Waals surface area contributed by atoms with E-state index in [-0.39, 0.29) is 5.91 Å². The third-order valence-corrected chi connectivity index (χ3v) is 4.25. The first-order chi connectivity index (χ1) is 8.58. The Hall–Kier alpha value is -0.910. The zero-order valence-corrected chi connectivity index (χ0v) is 12.3. The highest BCUT2D eigenvalue weighted by Crippen LogP contribution is 2.20. The maximum Gasteiger partial charge on any atom is 0.266 e. The summed E-state index contributed by atoms with van der Waals surface area (Å²) >= 11 is 3.47. The first-order valence-electron chi connectivity index (χ1n) is 6.07. The monoisotopic (exact) mass is 311 g/mol. The van der Waals surface area contributed by atoms with Gasteiger partial charge in [0.2, 0.25) is 0 Å². The van der Waals surface area contributed by atoms with Crippen LogP contribution in [-0.4, -0.2) is 49.0 Å². The van der Waals surface area contributed by atoms with Crippen LogP contribution < -0.4 is 5.43 Å². The Morgan fingerprint density at radius 3 is 2.61 bits per heavy atom. The van der Waals surface area contributed by atoms with Crippen LogP contribution in [0.4, 0.5) is 0 Å². The number of halogens is 1. The van der Waals surface area contributed by atoms with Crippen LogP contribution in [0.15, 0.2) is 22.7 Å². The van der Waals surface area contributed by atoms with Crippen molar-refractivity contribution in [3.8, 4) is 0 Å². The molecule has 1 aliphatic rings. The number of nitrogens with zero attached hydrogens (tertiary/aromatic N) is 2. The molecule has 0 atom stereocenters. The van der Waals surface area contributed by atoms with Crippen LogP contribution in [0.25, 0.3) is 0 Å². The molecule has 0 bridgehead atoms. The van der Waals surface area contributed by atoms with Gasteiger partial charge in [-0.3, -0.25) is 10.2 Å². The average molecular weight is 312 g/mol. The first-order valence-corrected chi connectivity index (χ1v) is 6.87. The van der Waals surface area contributed by atoms with Crippen LogP contribution in [0.3, 0.4) is 0 Å². The van der Waals surface area contributed by atoms with Crippen LogP contribution in [-0.2, 0) is 0 Å². The van der Waals surface area contributed by atoms with Gasteiger partial charge >= 0.3 is 0 Å². The van der Waals surface area contributed by atoms with E-state index in [1.165, 1.54) is 0 Å². The van der Waals surface area contributed by atoms with Gasteiger partial charge in [-0.25, -0.2) is 5.01 Å². The van der Waals surface area contributed by atoms with Gasteiger partial charge in [0.15, 0.2) is 0 Å². The molecule has 1 amide bonds. The standard InChI is InChI=1S/C13H18BrN3O/c1-10-4-3-5-11(12(10)14)13(18)15-17-8-6-16(2)7-9-17/h3-5H,6-9H2,1-2H3,(H,15,18). The fourth-order valence-electron chi connectivity index (χ4n) is 1.94. The Morgan fingerprint density at radius 1 is 1.28 bits per heavy atom. The number of carbonyl (C=O) groups is 1. The lowest BCUT2D eigenvalue weighted by atomic mass is 10.1. The summed E-state index contributed by atoms with van der Waals surface area (Å²) in [6.45, 7) is 5.68. The van der Waals surface area contributed by atoms with Crippen LogP contribution in [0, 0.1) is 6.92 Å². The second-order valence-corrected chi connectivity index (χ2v) is 5.46. The summed E-state index contributed by atoms with van der Waals surface area (Å²) in [6, 6.07) is 5.72. The van der Waals surface area contributed by atoms with Gasteiger partial charge in [-0.05, 0) is 41.5 Å². The van der Waals surface area contributed by atoms with E-state index in [0.717, 1.165) is 36.2 Å². The van der Waals surface area contributed by atoms with E-state index in [1.807, 2.05) is 30.1 Å². The molecule has 0 spiro atoms. The third kappa shape index (κ3) is 3.10. The molecule has 0 saturated carbocycles. The molecule has 1 fully saturated rings. The molecule has 1 heterocycles. The Morgan fingerprint density at radius 2 is 1.94 bits per heavy atom. The van der Waals surface area contributed by atoms with Crippen LogP contribution in [0.2, 0.25) is 0 Å². The number of rotatable bonds is 2. The van der Waals surface area contributed by atoms with Gasteiger partial charge < -0.3 is 4.90 Å². The number of carbonyl (C=O) groups excluding carboxylic acids is 1. The number of benzene rings is 1. The molecule has 4 nitrogen and oxygen atoms in total. The van der Waals surface area contributed by atoms with Crippen molar-refractivity contribution in [2.24, 2.45) is 0 Å². The smallest absolute Gasteiger partial charge is 0.266 e. The number of piperazine rings is 1. The normalized spacial score (nSPS) is 17.7. The lowest BCUT2D eigenvalue weighted by Crippen LogP contribution is -2.52. The Labute approximate surface area is 116 Å². The molecule has 1 N–H and O–H groups in total. The first kappa shape index (κ1) is 13.5. The summed E-state index contributed by atoms with van der Waals surface area (Å²) in [5, 5.41) is 1.98. The third-order valence-electron chi connectivity index (χ3n) is 3.20. The maximum atomic E-state index is 12.2. The minimum Gasteiger partial charge on any atom is -0.304 e. The van der Waals surface area contributed by atoms with Crippen LogP contribution in [0.5, 0.6) is 0 Å². The molecule has 5 heteroatoms. The quantitative estimate of drug-likeness (QED) is 0.902.